The Hall–Kier alpha value is -2.34. The van der Waals surface area contributed by atoms with E-state index in [0.717, 1.165) is 0 Å². The molecule has 0 nitrogen and oxygen atoms in total. The molecule has 0 saturated heterocycles. The Balaban J connectivity index is 1.81. The lowest BCUT2D eigenvalue weighted by Crippen LogP contribution is -2.28. The highest BCUT2D eigenvalue weighted by Crippen LogP contribution is 2.41. The van der Waals surface area contributed by atoms with Crippen LogP contribution in [0.3, 0.4) is 0 Å². The summed E-state index contributed by atoms with van der Waals surface area (Å²) in [4.78, 5) is 0. The SMILES string of the molecule is CCCCC(CCCCc1ccccc1)(c1ccccc1)c1ccccc1. The van der Waals surface area contributed by atoms with E-state index >= 15 is 0 Å². The van der Waals surface area contributed by atoms with Crippen molar-refractivity contribution in [3.63, 3.8) is 0 Å². The average molecular weight is 357 g/mol. The van der Waals surface area contributed by atoms with Crippen molar-refractivity contribution in [2.24, 2.45) is 0 Å². The van der Waals surface area contributed by atoms with Crippen molar-refractivity contribution in [3.8, 4) is 0 Å². The molecule has 0 aliphatic rings. The molecule has 0 heteroatoms. The van der Waals surface area contributed by atoms with E-state index in [0.29, 0.717) is 0 Å². The van der Waals surface area contributed by atoms with Crippen LogP contribution in [0.25, 0.3) is 0 Å². The Morgan fingerprint density at radius 3 is 1.56 bits per heavy atom. The third-order valence-electron chi connectivity index (χ3n) is 5.77. The Kier molecular flexibility index (Phi) is 7.27. The highest BCUT2D eigenvalue weighted by molar-refractivity contribution is 5.39. The molecule has 0 bridgehead atoms. The zero-order chi connectivity index (χ0) is 18.8. The molecule has 140 valence electrons. The van der Waals surface area contributed by atoms with Gasteiger partial charge in [-0.2, -0.15) is 0 Å². The van der Waals surface area contributed by atoms with Gasteiger partial charge < -0.3 is 0 Å². The average Bonchev–Trinajstić information content (AvgIpc) is 2.75. The lowest BCUT2D eigenvalue weighted by molar-refractivity contribution is 0.402. The lowest BCUT2D eigenvalue weighted by atomic mass is 9.68. The van der Waals surface area contributed by atoms with Gasteiger partial charge in [-0.3, -0.25) is 0 Å². The molecule has 3 aromatic carbocycles. The van der Waals surface area contributed by atoms with Crippen molar-refractivity contribution in [1.29, 1.82) is 0 Å². The molecule has 0 radical (unpaired) electrons. The summed E-state index contributed by atoms with van der Waals surface area (Å²) in [6.07, 6.45) is 8.62. The third-order valence-corrected chi connectivity index (χ3v) is 5.77. The number of rotatable bonds is 10. The van der Waals surface area contributed by atoms with Gasteiger partial charge in [0.15, 0.2) is 0 Å². The topological polar surface area (TPSA) is 0 Å². The maximum atomic E-state index is 2.33. The molecule has 0 aliphatic carbocycles. The van der Waals surface area contributed by atoms with Crippen LogP contribution in [0.4, 0.5) is 0 Å². The summed E-state index contributed by atoms with van der Waals surface area (Å²) in [6, 6.07) is 33.3. The van der Waals surface area contributed by atoms with Crippen molar-refractivity contribution in [2.45, 2.75) is 57.3 Å². The molecule has 0 N–H and O–H groups in total. The summed E-state index contributed by atoms with van der Waals surface area (Å²) in [7, 11) is 0. The Morgan fingerprint density at radius 1 is 0.556 bits per heavy atom. The maximum absolute atomic E-state index is 2.33. The molecule has 0 saturated carbocycles. The Morgan fingerprint density at radius 2 is 1.04 bits per heavy atom. The van der Waals surface area contributed by atoms with E-state index in [1.165, 1.54) is 61.6 Å². The fourth-order valence-electron chi connectivity index (χ4n) is 4.26. The zero-order valence-electron chi connectivity index (χ0n) is 16.6. The van der Waals surface area contributed by atoms with Gasteiger partial charge >= 0.3 is 0 Å². The number of hydrogen-bond acceptors (Lipinski definition) is 0. The van der Waals surface area contributed by atoms with Crippen molar-refractivity contribution in [2.75, 3.05) is 0 Å². The van der Waals surface area contributed by atoms with Gasteiger partial charge in [-0.1, -0.05) is 117 Å². The van der Waals surface area contributed by atoms with Crippen LogP contribution in [-0.4, -0.2) is 0 Å². The third kappa shape index (κ3) is 5.10. The van der Waals surface area contributed by atoms with Crippen molar-refractivity contribution >= 4 is 0 Å². The normalized spacial score (nSPS) is 11.4. The van der Waals surface area contributed by atoms with Crippen LogP contribution in [0.15, 0.2) is 91.0 Å². The molecule has 27 heavy (non-hydrogen) atoms. The minimum absolute atomic E-state index is 0.134. The number of benzene rings is 3. The number of hydrogen-bond donors (Lipinski definition) is 0. The first-order chi connectivity index (χ1) is 13.3. The van der Waals surface area contributed by atoms with E-state index < -0.39 is 0 Å². The lowest BCUT2D eigenvalue weighted by Gasteiger charge is -2.36. The van der Waals surface area contributed by atoms with Gasteiger partial charge in [-0.05, 0) is 42.4 Å². The second-order valence-electron chi connectivity index (χ2n) is 7.61. The molecule has 0 fully saturated rings. The number of unbranched alkanes of at least 4 members (excludes halogenated alkanes) is 2. The molecule has 0 spiro atoms. The zero-order valence-corrected chi connectivity index (χ0v) is 16.6. The van der Waals surface area contributed by atoms with Crippen LogP contribution in [0, 0.1) is 0 Å². The van der Waals surface area contributed by atoms with E-state index in [-0.39, 0.29) is 5.41 Å². The first-order valence-corrected chi connectivity index (χ1v) is 10.5. The second kappa shape index (κ2) is 10.1. The van der Waals surface area contributed by atoms with Crippen LogP contribution >= 0.6 is 0 Å². The fraction of sp³-hybridized carbons (Fsp3) is 0.333. The van der Waals surface area contributed by atoms with Gasteiger partial charge in [0.1, 0.15) is 0 Å². The summed E-state index contributed by atoms with van der Waals surface area (Å²) in [6.45, 7) is 2.30. The smallest absolute Gasteiger partial charge is 0.0202 e. The Bertz CT molecular complexity index is 719. The molecule has 0 aliphatic heterocycles. The van der Waals surface area contributed by atoms with E-state index in [2.05, 4.69) is 97.9 Å². The molecule has 0 heterocycles. The fourth-order valence-corrected chi connectivity index (χ4v) is 4.26. The van der Waals surface area contributed by atoms with Crippen LogP contribution in [0.5, 0.6) is 0 Å². The highest BCUT2D eigenvalue weighted by Gasteiger charge is 2.32. The van der Waals surface area contributed by atoms with E-state index in [4.69, 9.17) is 0 Å². The van der Waals surface area contributed by atoms with Gasteiger partial charge in [0.2, 0.25) is 0 Å². The van der Waals surface area contributed by atoms with Gasteiger partial charge in [-0.25, -0.2) is 0 Å². The monoisotopic (exact) mass is 356 g/mol. The summed E-state index contributed by atoms with van der Waals surface area (Å²) in [5.74, 6) is 0. The molecule has 3 aromatic rings. The van der Waals surface area contributed by atoms with Crippen molar-refractivity contribution < 1.29 is 0 Å². The minimum Gasteiger partial charge on any atom is -0.0654 e. The molecule has 3 rings (SSSR count). The van der Waals surface area contributed by atoms with E-state index in [1.54, 1.807) is 0 Å². The molecule has 0 aromatic heterocycles. The molecule has 0 atom stereocenters. The minimum atomic E-state index is 0.134. The maximum Gasteiger partial charge on any atom is 0.0202 e. The van der Waals surface area contributed by atoms with E-state index in [1.807, 2.05) is 0 Å². The first-order valence-electron chi connectivity index (χ1n) is 10.5. The molecular formula is C27H32. The van der Waals surface area contributed by atoms with Crippen LogP contribution in [0.1, 0.15) is 62.1 Å². The summed E-state index contributed by atoms with van der Waals surface area (Å²) >= 11 is 0. The standard InChI is InChI=1S/C27H32/c1-2-3-22-27(25-18-9-5-10-19-25,26-20-11-6-12-21-26)23-14-13-17-24-15-7-4-8-16-24/h4-12,15-16,18-21H,2-3,13-14,17,22-23H2,1H3. The van der Waals surface area contributed by atoms with Gasteiger partial charge in [0.05, 0.1) is 0 Å². The molecular weight excluding hydrogens is 324 g/mol. The summed E-state index contributed by atoms with van der Waals surface area (Å²) < 4.78 is 0. The van der Waals surface area contributed by atoms with Crippen LogP contribution in [-0.2, 0) is 11.8 Å². The van der Waals surface area contributed by atoms with Crippen LogP contribution < -0.4 is 0 Å². The predicted octanol–water partition coefficient (Wildman–Crippen LogP) is 7.58. The first kappa shape index (κ1) is 19.4. The van der Waals surface area contributed by atoms with Gasteiger partial charge in [-0.15, -0.1) is 0 Å². The predicted molar refractivity (Wildman–Crippen MR) is 117 cm³/mol. The van der Waals surface area contributed by atoms with E-state index in [9.17, 15) is 0 Å². The second-order valence-corrected chi connectivity index (χ2v) is 7.61. The van der Waals surface area contributed by atoms with Crippen LogP contribution in [0.2, 0.25) is 0 Å². The highest BCUT2D eigenvalue weighted by atomic mass is 14.4. The molecule has 0 amide bonds. The summed E-state index contributed by atoms with van der Waals surface area (Å²) in [5, 5.41) is 0. The van der Waals surface area contributed by atoms with Gasteiger partial charge in [0, 0.05) is 5.41 Å². The Labute approximate surface area is 165 Å². The molecule has 0 unspecified atom stereocenters. The largest absolute Gasteiger partial charge is 0.0654 e. The summed E-state index contributed by atoms with van der Waals surface area (Å²) in [5.41, 5.74) is 4.54. The van der Waals surface area contributed by atoms with Gasteiger partial charge in [0.25, 0.3) is 0 Å². The quantitative estimate of drug-likeness (QED) is 0.328. The van der Waals surface area contributed by atoms with Crippen molar-refractivity contribution in [3.05, 3.63) is 108 Å². The number of aryl methyl sites for hydroxylation is 1. The van der Waals surface area contributed by atoms with Crippen molar-refractivity contribution in [1.82, 2.24) is 0 Å².